The van der Waals surface area contributed by atoms with Gasteiger partial charge in [0.25, 0.3) is 0 Å². The van der Waals surface area contributed by atoms with Crippen molar-refractivity contribution in [2.45, 2.75) is 11.8 Å². The number of thioether (sulfide) groups is 1. The molecule has 0 atom stereocenters. The van der Waals surface area contributed by atoms with Crippen LogP contribution in [0.3, 0.4) is 0 Å². The highest BCUT2D eigenvalue weighted by molar-refractivity contribution is 9.10. The van der Waals surface area contributed by atoms with Gasteiger partial charge in [-0.1, -0.05) is 6.07 Å². The Morgan fingerprint density at radius 3 is 2.95 bits per heavy atom. The highest BCUT2D eigenvalue weighted by atomic mass is 79.9. The standard InChI is InChI=1S/C13H10BrN3OS/c1-7-4-9(17-13(14)15-7)8-2-3-11-10(5-8)16-12(18)6-19-11/h2-5H,6H2,1H3,(H,16,18). The second-order valence-corrected chi connectivity index (χ2v) is 5.94. The molecule has 1 N–H and O–H groups in total. The maximum atomic E-state index is 11.4. The molecule has 1 aromatic carbocycles. The zero-order valence-electron chi connectivity index (χ0n) is 10.1. The molecular formula is C13H10BrN3OS. The maximum absolute atomic E-state index is 11.4. The molecule has 0 fully saturated rings. The minimum Gasteiger partial charge on any atom is -0.324 e. The average Bonchev–Trinajstić information content (AvgIpc) is 2.36. The summed E-state index contributed by atoms with van der Waals surface area (Å²) < 4.78 is 0.568. The van der Waals surface area contributed by atoms with Gasteiger partial charge in [-0.2, -0.15) is 0 Å². The molecule has 0 unspecified atom stereocenters. The lowest BCUT2D eigenvalue weighted by Crippen LogP contribution is -2.18. The Morgan fingerprint density at radius 1 is 1.32 bits per heavy atom. The van der Waals surface area contributed by atoms with Gasteiger partial charge in [-0.3, -0.25) is 4.79 Å². The van der Waals surface area contributed by atoms with E-state index in [1.165, 1.54) is 0 Å². The summed E-state index contributed by atoms with van der Waals surface area (Å²) >= 11 is 4.85. The second-order valence-electron chi connectivity index (χ2n) is 4.21. The van der Waals surface area contributed by atoms with Crippen molar-refractivity contribution in [2.75, 3.05) is 11.1 Å². The molecule has 0 saturated carbocycles. The van der Waals surface area contributed by atoms with Crippen molar-refractivity contribution in [2.24, 2.45) is 0 Å². The third kappa shape index (κ3) is 2.64. The Hall–Kier alpha value is -1.40. The van der Waals surface area contributed by atoms with Gasteiger partial charge in [0.1, 0.15) is 0 Å². The average molecular weight is 336 g/mol. The first-order valence-corrected chi connectivity index (χ1v) is 7.48. The number of aromatic nitrogens is 2. The predicted octanol–water partition coefficient (Wildman–Crippen LogP) is 3.26. The Bertz CT molecular complexity index is 655. The van der Waals surface area contributed by atoms with Crippen LogP contribution in [-0.4, -0.2) is 21.6 Å². The van der Waals surface area contributed by atoms with Crippen molar-refractivity contribution in [1.82, 2.24) is 9.97 Å². The number of amides is 1. The van der Waals surface area contributed by atoms with E-state index >= 15 is 0 Å². The first-order chi connectivity index (χ1) is 9.11. The van der Waals surface area contributed by atoms with Gasteiger partial charge in [0.15, 0.2) is 4.73 Å². The van der Waals surface area contributed by atoms with Gasteiger partial charge in [-0.15, -0.1) is 11.8 Å². The van der Waals surface area contributed by atoms with E-state index in [0.29, 0.717) is 10.5 Å². The van der Waals surface area contributed by atoms with E-state index in [2.05, 4.69) is 31.2 Å². The SMILES string of the molecule is Cc1cc(-c2ccc3c(c2)NC(=O)CS3)nc(Br)n1. The summed E-state index contributed by atoms with van der Waals surface area (Å²) in [5.41, 5.74) is 3.55. The lowest BCUT2D eigenvalue weighted by atomic mass is 10.1. The second kappa shape index (κ2) is 4.94. The number of fused-ring (bicyclic) bond motifs is 1. The topological polar surface area (TPSA) is 54.9 Å². The molecule has 1 aliphatic rings. The number of anilines is 1. The molecule has 6 heteroatoms. The van der Waals surface area contributed by atoms with Crippen LogP contribution in [0.1, 0.15) is 5.69 Å². The maximum Gasteiger partial charge on any atom is 0.234 e. The lowest BCUT2D eigenvalue weighted by molar-refractivity contribution is -0.113. The van der Waals surface area contributed by atoms with Crippen molar-refractivity contribution in [3.05, 3.63) is 34.7 Å². The van der Waals surface area contributed by atoms with Crippen LogP contribution in [0.5, 0.6) is 0 Å². The van der Waals surface area contributed by atoms with Crippen LogP contribution in [0.15, 0.2) is 33.9 Å². The number of nitrogens with one attached hydrogen (secondary N) is 1. The van der Waals surface area contributed by atoms with E-state index in [4.69, 9.17) is 0 Å². The number of hydrogen-bond acceptors (Lipinski definition) is 4. The molecule has 0 spiro atoms. The minimum absolute atomic E-state index is 0.0368. The number of carbonyl (C=O) groups excluding carboxylic acids is 1. The quantitative estimate of drug-likeness (QED) is 0.812. The number of hydrogen-bond donors (Lipinski definition) is 1. The molecule has 2 aromatic rings. The largest absolute Gasteiger partial charge is 0.324 e. The first kappa shape index (κ1) is 12.6. The van der Waals surface area contributed by atoms with Crippen LogP contribution < -0.4 is 5.32 Å². The smallest absolute Gasteiger partial charge is 0.234 e. The summed E-state index contributed by atoms with van der Waals surface area (Å²) in [6.45, 7) is 1.92. The molecule has 3 rings (SSSR count). The Morgan fingerprint density at radius 2 is 2.16 bits per heavy atom. The highest BCUT2D eigenvalue weighted by Gasteiger charge is 2.16. The van der Waals surface area contributed by atoms with E-state index < -0.39 is 0 Å². The van der Waals surface area contributed by atoms with Crippen molar-refractivity contribution in [1.29, 1.82) is 0 Å². The zero-order chi connectivity index (χ0) is 13.4. The summed E-state index contributed by atoms with van der Waals surface area (Å²) in [6, 6.07) is 7.90. The molecule has 4 nitrogen and oxygen atoms in total. The van der Waals surface area contributed by atoms with Crippen LogP contribution in [-0.2, 0) is 4.79 Å². The normalized spacial score (nSPS) is 13.9. The van der Waals surface area contributed by atoms with Crippen molar-refractivity contribution in [3.8, 4) is 11.3 Å². The van der Waals surface area contributed by atoms with Crippen LogP contribution in [0.25, 0.3) is 11.3 Å². The van der Waals surface area contributed by atoms with E-state index in [0.717, 1.165) is 27.5 Å². The fraction of sp³-hybridized carbons (Fsp3) is 0.154. The summed E-state index contributed by atoms with van der Waals surface area (Å²) in [6.07, 6.45) is 0. The number of halogens is 1. The van der Waals surface area contributed by atoms with Gasteiger partial charge in [-0.25, -0.2) is 9.97 Å². The van der Waals surface area contributed by atoms with Crippen LogP contribution in [0.4, 0.5) is 5.69 Å². The van der Waals surface area contributed by atoms with Gasteiger partial charge in [0.2, 0.25) is 5.91 Å². The molecule has 0 bridgehead atoms. The molecule has 19 heavy (non-hydrogen) atoms. The van der Waals surface area contributed by atoms with Crippen molar-refractivity contribution >= 4 is 39.3 Å². The third-order valence-corrected chi connectivity index (χ3v) is 4.16. The van der Waals surface area contributed by atoms with Gasteiger partial charge in [0, 0.05) is 16.2 Å². The molecule has 0 saturated heterocycles. The summed E-state index contributed by atoms with van der Waals surface area (Å²) in [4.78, 5) is 21.1. The molecule has 96 valence electrons. The summed E-state index contributed by atoms with van der Waals surface area (Å²) in [7, 11) is 0. The zero-order valence-corrected chi connectivity index (χ0v) is 12.5. The predicted molar refractivity (Wildman–Crippen MR) is 79.3 cm³/mol. The first-order valence-electron chi connectivity index (χ1n) is 5.70. The number of nitrogens with zero attached hydrogens (tertiary/aromatic N) is 2. The molecular weight excluding hydrogens is 326 g/mol. The summed E-state index contributed by atoms with van der Waals surface area (Å²) in [5, 5.41) is 2.88. The van der Waals surface area contributed by atoms with Crippen molar-refractivity contribution < 1.29 is 4.79 Å². The Labute approximate surface area is 123 Å². The van der Waals surface area contributed by atoms with Crippen LogP contribution in [0.2, 0.25) is 0 Å². The molecule has 2 heterocycles. The highest BCUT2D eigenvalue weighted by Crippen LogP contribution is 2.34. The van der Waals surface area contributed by atoms with E-state index in [-0.39, 0.29) is 5.91 Å². The van der Waals surface area contributed by atoms with Crippen molar-refractivity contribution in [3.63, 3.8) is 0 Å². The molecule has 0 radical (unpaired) electrons. The van der Waals surface area contributed by atoms with E-state index in [1.807, 2.05) is 31.2 Å². The Balaban J connectivity index is 2.06. The van der Waals surface area contributed by atoms with Gasteiger partial charge >= 0.3 is 0 Å². The van der Waals surface area contributed by atoms with Gasteiger partial charge in [0.05, 0.1) is 17.1 Å². The molecule has 0 aliphatic carbocycles. The molecule has 1 aliphatic heterocycles. The van der Waals surface area contributed by atoms with Gasteiger partial charge in [-0.05, 0) is 41.1 Å². The monoisotopic (exact) mass is 335 g/mol. The van der Waals surface area contributed by atoms with E-state index in [1.54, 1.807) is 11.8 Å². The molecule has 1 amide bonds. The number of aryl methyl sites for hydroxylation is 1. The fourth-order valence-electron chi connectivity index (χ4n) is 1.92. The number of benzene rings is 1. The number of rotatable bonds is 1. The lowest BCUT2D eigenvalue weighted by Gasteiger charge is -2.17. The van der Waals surface area contributed by atoms with Crippen LogP contribution in [0, 0.1) is 6.92 Å². The number of carbonyl (C=O) groups is 1. The fourth-order valence-corrected chi connectivity index (χ4v) is 3.18. The Kier molecular flexibility index (Phi) is 3.28. The minimum atomic E-state index is 0.0368. The third-order valence-electron chi connectivity index (χ3n) is 2.74. The van der Waals surface area contributed by atoms with Crippen LogP contribution >= 0.6 is 27.7 Å². The molecule has 1 aromatic heterocycles. The summed E-state index contributed by atoms with van der Waals surface area (Å²) in [5.74, 6) is 0.513. The van der Waals surface area contributed by atoms with E-state index in [9.17, 15) is 4.79 Å². The van der Waals surface area contributed by atoms with Gasteiger partial charge < -0.3 is 5.32 Å².